The Hall–Kier alpha value is 2.10. The molecule has 0 unspecified atom stereocenters. The van der Waals surface area contributed by atoms with E-state index in [1.807, 2.05) is 0 Å². The quantitative estimate of drug-likeness (QED) is 0.375. The third-order valence-corrected chi connectivity index (χ3v) is 1.07. The Labute approximate surface area is 145 Å². The van der Waals surface area contributed by atoms with Crippen molar-refractivity contribution in [2.45, 2.75) is 9.67 Å². The summed E-state index contributed by atoms with van der Waals surface area (Å²) in [5, 5.41) is 18.6. The number of aliphatic carboxylic acids is 2. The summed E-state index contributed by atoms with van der Waals surface area (Å²) in [5.74, 6) is -2.92. The van der Waals surface area contributed by atoms with Crippen LogP contribution in [-0.2, 0) is 9.59 Å². The van der Waals surface area contributed by atoms with Crippen molar-refractivity contribution in [1.82, 2.24) is 0 Å². The van der Waals surface area contributed by atoms with E-state index < -0.39 is 21.6 Å². The van der Waals surface area contributed by atoms with Gasteiger partial charge >= 0.3 is 59.1 Å². The van der Waals surface area contributed by atoms with Gasteiger partial charge in [0, 0.05) is 0 Å². The Bertz CT molecular complexity index is 147. The first-order valence-corrected chi connectivity index (χ1v) is 4.01. The first-order chi connectivity index (χ1) is 5.29. The number of alkyl halides is 4. The second-order valence-electron chi connectivity index (χ2n) is 1.24. The van der Waals surface area contributed by atoms with E-state index in [1.54, 1.807) is 0 Å². The van der Waals surface area contributed by atoms with E-state index >= 15 is 0 Å². The average molecular weight is 302 g/mol. The van der Waals surface area contributed by atoms with Gasteiger partial charge in [-0.2, -0.15) is 0 Å². The second kappa shape index (κ2) is 15.1. The molecule has 0 aliphatic rings. The number of carbonyl (C=O) groups excluding carboxylic acids is 2. The topological polar surface area (TPSA) is 80.3 Å². The SMILES string of the molecule is O=C([O-])C(Cl)Cl.O=C([O-])C(Cl)Cl.[Na+].[Na+]. The zero-order valence-corrected chi connectivity index (χ0v) is 14.3. The second-order valence-corrected chi connectivity index (χ2v) is 3.43. The number of halogens is 4. The Balaban J connectivity index is -0.0000000625. The average Bonchev–Trinajstić information content (AvgIpc) is 1.88. The number of rotatable bonds is 2. The molecule has 4 nitrogen and oxygen atoms in total. The molecule has 0 aromatic carbocycles. The van der Waals surface area contributed by atoms with Crippen LogP contribution in [0.5, 0.6) is 0 Å². The molecular formula is C4H2Cl4Na2O4. The molecule has 0 aromatic rings. The van der Waals surface area contributed by atoms with Gasteiger partial charge in [-0.25, -0.2) is 0 Å². The molecule has 0 N–H and O–H groups in total. The molecule has 0 saturated heterocycles. The number of hydrogen-bond donors (Lipinski definition) is 0. The summed E-state index contributed by atoms with van der Waals surface area (Å²) < 4.78 is 0. The van der Waals surface area contributed by atoms with Crippen LogP contribution < -0.4 is 69.3 Å². The van der Waals surface area contributed by atoms with E-state index in [4.69, 9.17) is 46.4 Å². The standard InChI is InChI=1S/2C2H2Cl2O2.2Na/c2*3-1(4)2(5)6;;/h2*1H,(H,5,6);;/q;;2*+1/p-2. The van der Waals surface area contributed by atoms with E-state index in [0.29, 0.717) is 0 Å². The number of carboxylic acids is 2. The van der Waals surface area contributed by atoms with Gasteiger partial charge in [-0.3, -0.25) is 0 Å². The van der Waals surface area contributed by atoms with E-state index in [-0.39, 0.29) is 59.1 Å². The summed E-state index contributed by atoms with van der Waals surface area (Å²) in [4.78, 5) is 15.9. The number of carbonyl (C=O) groups is 2. The zero-order valence-electron chi connectivity index (χ0n) is 7.30. The van der Waals surface area contributed by atoms with Crippen LogP contribution >= 0.6 is 46.4 Å². The van der Waals surface area contributed by atoms with Crippen molar-refractivity contribution in [3.05, 3.63) is 0 Å². The third kappa shape index (κ3) is 23.7. The summed E-state index contributed by atoms with van der Waals surface area (Å²) in [7, 11) is 0. The van der Waals surface area contributed by atoms with E-state index in [2.05, 4.69) is 0 Å². The minimum atomic E-state index is -1.46. The minimum absolute atomic E-state index is 0. The van der Waals surface area contributed by atoms with Crippen LogP contribution in [0.25, 0.3) is 0 Å². The van der Waals surface area contributed by atoms with Crippen molar-refractivity contribution in [3.8, 4) is 0 Å². The fraction of sp³-hybridized carbons (Fsp3) is 0.500. The van der Waals surface area contributed by atoms with Gasteiger partial charge in [0.2, 0.25) is 0 Å². The summed E-state index contributed by atoms with van der Waals surface area (Å²) in [6.45, 7) is 0. The molecule has 0 aromatic heterocycles. The van der Waals surface area contributed by atoms with Gasteiger partial charge in [0.25, 0.3) is 0 Å². The number of carboxylic acid groups (broad SMARTS) is 2. The van der Waals surface area contributed by atoms with E-state index in [9.17, 15) is 19.8 Å². The van der Waals surface area contributed by atoms with Gasteiger partial charge in [0.05, 0.1) is 11.9 Å². The van der Waals surface area contributed by atoms with Crippen LogP contribution in [0.1, 0.15) is 0 Å². The Morgan fingerprint density at radius 2 is 0.857 bits per heavy atom. The molecule has 0 fully saturated rings. The first-order valence-electron chi connectivity index (χ1n) is 2.27. The first kappa shape index (κ1) is 25.1. The predicted molar refractivity (Wildman–Crippen MR) is 41.0 cm³/mol. The van der Waals surface area contributed by atoms with Crippen LogP contribution in [0.2, 0.25) is 0 Å². The van der Waals surface area contributed by atoms with Crippen molar-refractivity contribution in [2.75, 3.05) is 0 Å². The van der Waals surface area contributed by atoms with Gasteiger partial charge in [-0.1, -0.05) is 46.4 Å². The van der Waals surface area contributed by atoms with Crippen LogP contribution in [0.3, 0.4) is 0 Å². The molecule has 0 saturated carbocycles. The molecule has 0 spiro atoms. The van der Waals surface area contributed by atoms with Crippen molar-refractivity contribution < 1.29 is 78.9 Å². The molecule has 0 rings (SSSR count). The molecular weight excluding hydrogens is 300 g/mol. The largest absolute Gasteiger partial charge is 1.00 e. The zero-order chi connectivity index (χ0) is 10.3. The van der Waals surface area contributed by atoms with Crippen LogP contribution in [0.15, 0.2) is 0 Å². The van der Waals surface area contributed by atoms with Gasteiger partial charge in [-0.15, -0.1) is 0 Å². The molecule has 0 aliphatic heterocycles. The summed E-state index contributed by atoms with van der Waals surface area (Å²) in [5.41, 5.74) is 0. The van der Waals surface area contributed by atoms with E-state index in [0.717, 1.165) is 0 Å². The maximum Gasteiger partial charge on any atom is 1.00 e. The molecule has 0 amide bonds. The molecule has 0 aliphatic carbocycles. The van der Waals surface area contributed by atoms with Gasteiger partial charge in [0.1, 0.15) is 9.67 Å². The monoisotopic (exact) mass is 300 g/mol. The normalized spacial score (nSPS) is 7.86. The molecule has 0 radical (unpaired) electrons. The van der Waals surface area contributed by atoms with Crippen LogP contribution in [0, 0.1) is 0 Å². The van der Waals surface area contributed by atoms with Gasteiger partial charge < -0.3 is 19.8 Å². The molecule has 0 atom stereocenters. The molecule has 0 bridgehead atoms. The van der Waals surface area contributed by atoms with Crippen LogP contribution in [0.4, 0.5) is 0 Å². The van der Waals surface area contributed by atoms with E-state index in [1.165, 1.54) is 0 Å². The summed E-state index contributed by atoms with van der Waals surface area (Å²) in [6.07, 6.45) is 0. The fourth-order valence-corrected chi connectivity index (χ4v) is 0. The van der Waals surface area contributed by atoms with Crippen molar-refractivity contribution in [1.29, 1.82) is 0 Å². The molecule has 10 heteroatoms. The van der Waals surface area contributed by atoms with Crippen molar-refractivity contribution in [3.63, 3.8) is 0 Å². The van der Waals surface area contributed by atoms with Crippen LogP contribution in [-0.4, -0.2) is 21.6 Å². The Kier molecular flexibility index (Phi) is 27.0. The van der Waals surface area contributed by atoms with Crippen molar-refractivity contribution >= 4 is 58.3 Å². The Morgan fingerprint density at radius 1 is 0.786 bits per heavy atom. The number of hydrogen-bond acceptors (Lipinski definition) is 4. The summed E-state index contributed by atoms with van der Waals surface area (Å²) in [6, 6.07) is 0. The molecule has 0 heterocycles. The van der Waals surface area contributed by atoms with Gasteiger partial charge in [0.15, 0.2) is 0 Å². The molecule has 14 heavy (non-hydrogen) atoms. The smallest absolute Gasteiger partial charge is 0.547 e. The fourth-order valence-electron chi connectivity index (χ4n) is 0. The Morgan fingerprint density at radius 3 is 0.857 bits per heavy atom. The third-order valence-electron chi connectivity index (χ3n) is 0.356. The minimum Gasteiger partial charge on any atom is -0.547 e. The molecule has 72 valence electrons. The summed E-state index contributed by atoms with van der Waals surface area (Å²) >= 11 is 18.9. The maximum atomic E-state index is 9.32. The maximum absolute atomic E-state index is 9.32. The van der Waals surface area contributed by atoms with Crippen molar-refractivity contribution in [2.24, 2.45) is 0 Å². The predicted octanol–water partition coefficient (Wildman–Crippen LogP) is -6.91. The van der Waals surface area contributed by atoms with Gasteiger partial charge in [-0.05, 0) is 0 Å².